The van der Waals surface area contributed by atoms with Crippen LogP contribution >= 0.6 is 0 Å². The van der Waals surface area contributed by atoms with Crippen molar-refractivity contribution in [2.24, 2.45) is 0 Å². The first-order valence-electron chi connectivity index (χ1n) is 11.7. The number of allylic oxidation sites excluding steroid dienone is 1. The molecule has 0 amide bonds. The summed E-state index contributed by atoms with van der Waals surface area (Å²) in [5, 5.41) is 32.4. The number of methoxy groups -OCH3 is 1. The molecule has 0 fully saturated rings. The fourth-order valence-electron chi connectivity index (χ4n) is 3.70. The van der Waals surface area contributed by atoms with Gasteiger partial charge in [-0.15, -0.1) is 0 Å². The predicted octanol–water partition coefficient (Wildman–Crippen LogP) is 3.14. The normalized spacial score (nSPS) is 16.8. The molecular weight excluding hydrogens is 408 g/mol. The lowest BCUT2D eigenvalue weighted by Gasteiger charge is -2.32. The van der Waals surface area contributed by atoms with Gasteiger partial charge in [0.25, 0.3) is 0 Å². The van der Waals surface area contributed by atoms with Gasteiger partial charge in [-0.25, -0.2) is 0 Å². The van der Waals surface area contributed by atoms with E-state index in [0.717, 1.165) is 70.5 Å². The summed E-state index contributed by atoms with van der Waals surface area (Å²) < 4.78 is 10.9. The maximum atomic E-state index is 10.3. The van der Waals surface area contributed by atoms with Crippen molar-refractivity contribution in [3.8, 4) is 5.75 Å². The van der Waals surface area contributed by atoms with Gasteiger partial charge in [-0.05, 0) is 62.4 Å². The maximum Gasteiger partial charge on any atom is 0.131 e. The minimum atomic E-state index is -0.652. The number of nitrogens with zero attached hydrogens (tertiary/aromatic N) is 1. The molecule has 7 nitrogen and oxygen atoms in total. The van der Waals surface area contributed by atoms with Crippen LogP contribution in [0.25, 0.3) is 0 Å². The monoisotopic (exact) mass is 448 g/mol. The molecule has 1 aromatic rings. The number of benzene rings is 1. The molecule has 4 N–H and O–H groups in total. The number of nitrogens with one attached hydrogen (secondary N) is 1. The molecule has 1 aliphatic heterocycles. The Morgan fingerprint density at radius 2 is 1.75 bits per heavy atom. The van der Waals surface area contributed by atoms with Crippen LogP contribution in [0.15, 0.2) is 48.4 Å². The van der Waals surface area contributed by atoms with Gasteiger partial charge >= 0.3 is 0 Å². The molecule has 0 saturated heterocycles. The summed E-state index contributed by atoms with van der Waals surface area (Å²) >= 11 is 0. The van der Waals surface area contributed by atoms with Crippen LogP contribution in [-0.2, 0) is 11.2 Å². The van der Waals surface area contributed by atoms with Crippen molar-refractivity contribution < 1.29 is 24.8 Å². The zero-order valence-corrected chi connectivity index (χ0v) is 19.3. The molecule has 1 heterocycles. The van der Waals surface area contributed by atoms with Gasteiger partial charge in [-0.1, -0.05) is 31.1 Å². The van der Waals surface area contributed by atoms with Crippen LogP contribution in [0, 0.1) is 0 Å². The molecule has 0 aliphatic carbocycles. The number of hydrogen-bond donors (Lipinski definition) is 4. The van der Waals surface area contributed by atoms with Crippen molar-refractivity contribution >= 4 is 0 Å². The minimum absolute atomic E-state index is 0.0769. The van der Waals surface area contributed by atoms with Crippen molar-refractivity contribution in [2.75, 3.05) is 40.1 Å². The molecule has 1 aliphatic rings. The first kappa shape index (κ1) is 26.2. The summed E-state index contributed by atoms with van der Waals surface area (Å²) in [7, 11) is 1.69. The van der Waals surface area contributed by atoms with Crippen LogP contribution in [0.2, 0.25) is 0 Å². The van der Waals surface area contributed by atoms with E-state index in [1.807, 2.05) is 12.1 Å². The number of rotatable bonds is 17. The Kier molecular flexibility index (Phi) is 12.8. The Morgan fingerprint density at radius 1 is 1.03 bits per heavy atom. The third-order valence-electron chi connectivity index (χ3n) is 5.61. The predicted molar refractivity (Wildman–Crippen MR) is 127 cm³/mol. The first-order chi connectivity index (χ1) is 15.6. The number of unbranched alkanes of at least 4 members (excludes halogenated alkanes) is 4. The summed E-state index contributed by atoms with van der Waals surface area (Å²) in [4.78, 5) is 1.51. The highest BCUT2D eigenvalue weighted by atomic mass is 16.5. The van der Waals surface area contributed by atoms with E-state index < -0.39 is 6.10 Å². The van der Waals surface area contributed by atoms with Crippen LogP contribution in [0.1, 0.15) is 44.1 Å². The van der Waals surface area contributed by atoms with E-state index in [1.54, 1.807) is 19.3 Å². The molecule has 0 bridgehead atoms. The number of hydrogen-bond acceptors (Lipinski definition) is 7. The molecule has 0 radical (unpaired) electrons. The molecule has 32 heavy (non-hydrogen) atoms. The SMILES string of the molecule is COc1ccc(CCCCOCCCCCCNCC(O)C2C=CC(O)=CN2CO)cc1. The van der Waals surface area contributed by atoms with Crippen molar-refractivity contribution in [1.29, 1.82) is 0 Å². The first-order valence-corrected chi connectivity index (χ1v) is 11.7. The van der Waals surface area contributed by atoms with Crippen LogP contribution in [-0.4, -0.2) is 72.5 Å². The fraction of sp³-hybridized carbons (Fsp3) is 0.600. The molecule has 2 atom stereocenters. The smallest absolute Gasteiger partial charge is 0.131 e. The largest absolute Gasteiger partial charge is 0.506 e. The van der Waals surface area contributed by atoms with Crippen LogP contribution in [0.3, 0.4) is 0 Å². The van der Waals surface area contributed by atoms with Crippen molar-refractivity contribution in [3.63, 3.8) is 0 Å². The summed E-state index contributed by atoms with van der Waals surface area (Å²) in [6.45, 7) is 2.68. The van der Waals surface area contributed by atoms with Crippen molar-refractivity contribution in [3.05, 3.63) is 53.9 Å². The number of aryl methyl sites for hydroxylation is 1. The number of ether oxygens (including phenoxy) is 2. The van der Waals surface area contributed by atoms with Crippen molar-refractivity contribution in [2.45, 2.75) is 57.1 Å². The number of aliphatic hydroxyl groups is 3. The highest BCUT2D eigenvalue weighted by molar-refractivity contribution is 5.27. The molecule has 1 aromatic carbocycles. The van der Waals surface area contributed by atoms with Gasteiger partial charge in [0.15, 0.2) is 0 Å². The third kappa shape index (κ3) is 10.0. The van der Waals surface area contributed by atoms with Gasteiger partial charge in [0.2, 0.25) is 0 Å². The topological polar surface area (TPSA) is 94.4 Å². The van der Waals surface area contributed by atoms with E-state index in [4.69, 9.17) is 9.47 Å². The van der Waals surface area contributed by atoms with E-state index >= 15 is 0 Å². The zero-order valence-electron chi connectivity index (χ0n) is 19.3. The van der Waals surface area contributed by atoms with Crippen LogP contribution in [0.5, 0.6) is 5.75 Å². The summed E-state index contributed by atoms with van der Waals surface area (Å²) in [6, 6.07) is 7.92. The van der Waals surface area contributed by atoms with E-state index in [9.17, 15) is 15.3 Å². The Hall–Kier alpha value is -2.06. The zero-order chi connectivity index (χ0) is 23.0. The molecule has 0 aromatic heterocycles. The fourth-order valence-corrected chi connectivity index (χ4v) is 3.70. The quantitative estimate of drug-likeness (QED) is 0.272. The van der Waals surface area contributed by atoms with E-state index in [2.05, 4.69) is 17.4 Å². The Balaban J connectivity index is 1.37. The summed E-state index contributed by atoms with van der Waals surface area (Å²) in [5.41, 5.74) is 1.34. The van der Waals surface area contributed by atoms with Gasteiger partial charge in [0.1, 0.15) is 18.2 Å². The van der Waals surface area contributed by atoms with E-state index in [0.29, 0.717) is 6.54 Å². The molecule has 0 spiro atoms. The standard InChI is InChI=1S/C25H40N2O5/c1-31-23-12-9-21(10-13-23)8-4-7-17-32-16-6-3-2-5-15-26-18-25(30)24-14-11-22(29)19-27(24)20-28/h9-14,19,24-26,28-30H,2-8,15-18,20H2,1H3. The maximum absolute atomic E-state index is 10.3. The Bertz CT molecular complexity index is 677. The second-order valence-corrected chi connectivity index (χ2v) is 8.16. The van der Waals surface area contributed by atoms with Gasteiger partial charge in [0.05, 0.1) is 19.3 Å². The van der Waals surface area contributed by atoms with Crippen molar-refractivity contribution in [1.82, 2.24) is 10.2 Å². The molecular formula is C25H40N2O5. The van der Waals surface area contributed by atoms with Gasteiger partial charge in [0, 0.05) is 26.0 Å². The second kappa shape index (κ2) is 15.7. The lowest BCUT2D eigenvalue weighted by Crippen LogP contribution is -2.46. The van der Waals surface area contributed by atoms with E-state index in [1.165, 1.54) is 16.7 Å². The minimum Gasteiger partial charge on any atom is -0.506 e. The lowest BCUT2D eigenvalue weighted by molar-refractivity contribution is 0.0463. The molecule has 2 unspecified atom stereocenters. The van der Waals surface area contributed by atoms with E-state index in [-0.39, 0.29) is 18.5 Å². The average Bonchev–Trinajstić information content (AvgIpc) is 2.82. The van der Waals surface area contributed by atoms with Crippen LogP contribution < -0.4 is 10.1 Å². The molecule has 7 heteroatoms. The van der Waals surface area contributed by atoms with Crippen LogP contribution in [0.4, 0.5) is 0 Å². The number of aliphatic hydroxyl groups excluding tert-OH is 3. The van der Waals surface area contributed by atoms with Gasteiger partial charge < -0.3 is 35.0 Å². The summed E-state index contributed by atoms with van der Waals surface area (Å²) in [6.07, 6.45) is 11.7. The highest BCUT2D eigenvalue weighted by Gasteiger charge is 2.23. The lowest BCUT2D eigenvalue weighted by atomic mass is 10.1. The van der Waals surface area contributed by atoms with Gasteiger partial charge in [-0.2, -0.15) is 0 Å². The second-order valence-electron chi connectivity index (χ2n) is 8.16. The molecule has 0 saturated carbocycles. The Morgan fingerprint density at radius 3 is 2.47 bits per heavy atom. The average molecular weight is 449 g/mol. The molecule has 2 rings (SSSR count). The third-order valence-corrected chi connectivity index (χ3v) is 5.61. The Labute approximate surface area is 192 Å². The summed E-state index contributed by atoms with van der Waals surface area (Å²) in [5.74, 6) is 0.976. The van der Waals surface area contributed by atoms with Gasteiger partial charge in [-0.3, -0.25) is 0 Å². The molecule has 180 valence electrons. The highest BCUT2D eigenvalue weighted by Crippen LogP contribution is 2.15.